The molecule has 1 saturated heterocycles. The van der Waals surface area contributed by atoms with E-state index in [4.69, 9.17) is 0 Å². The summed E-state index contributed by atoms with van der Waals surface area (Å²) in [5, 5.41) is 13.3. The number of carbonyl (C=O) groups excluding carboxylic acids is 2. The van der Waals surface area contributed by atoms with Crippen molar-refractivity contribution in [3.63, 3.8) is 0 Å². The minimum Gasteiger partial charge on any atom is -0.351 e. The van der Waals surface area contributed by atoms with Crippen molar-refractivity contribution in [1.82, 2.24) is 5.32 Å². The van der Waals surface area contributed by atoms with Crippen molar-refractivity contribution in [3.05, 3.63) is 64.2 Å². The number of hydrogen-bond donors (Lipinski definition) is 1. The Morgan fingerprint density at radius 1 is 1.21 bits per heavy atom. The lowest BCUT2D eigenvalue weighted by atomic mass is 10.2. The van der Waals surface area contributed by atoms with Crippen LogP contribution in [0.15, 0.2) is 53.4 Å². The average Bonchev–Trinajstić information content (AvgIpc) is 3.12. The number of non-ortho nitro benzene ring substituents is 1. The van der Waals surface area contributed by atoms with Gasteiger partial charge in [-0.3, -0.25) is 19.7 Å². The number of nitro benzene ring substituents is 1. The van der Waals surface area contributed by atoms with Gasteiger partial charge in [-0.15, -0.1) is 11.8 Å². The summed E-state index contributed by atoms with van der Waals surface area (Å²) in [5.74, 6) is 0.0419. The number of nitrogens with one attached hydrogen (secondary N) is 1. The third-order valence-electron chi connectivity index (χ3n) is 4.52. The quantitative estimate of drug-likeness (QED) is 0.437. The van der Waals surface area contributed by atoms with E-state index in [-0.39, 0.29) is 22.8 Å². The van der Waals surface area contributed by atoms with Crippen LogP contribution in [0.4, 0.5) is 11.4 Å². The van der Waals surface area contributed by atoms with Crippen LogP contribution in [0, 0.1) is 10.1 Å². The number of benzene rings is 2. The molecule has 0 radical (unpaired) electrons. The molecule has 1 heterocycles. The SMILES string of the molecule is C[C@@H](Sc1ccc([N+](=O)[O-])cc1)C(=O)NCc1ccc(N2CCCC2=O)cc1. The molecular weight excluding hydrogens is 378 g/mol. The first kappa shape index (κ1) is 19.9. The predicted octanol–water partition coefficient (Wildman–Crippen LogP) is 3.52. The fraction of sp³-hybridized carbons (Fsp3) is 0.300. The summed E-state index contributed by atoms with van der Waals surface area (Å²) in [6.45, 7) is 2.95. The summed E-state index contributed by atoms with van der Waals surface area (Å²) in [5.41, 5.74) is 1.87. The summed E-state index contributed by atoms with van der Waals surface area (Å²) in [4.78, 5) is 36.9. The van der Waals surface area contributed by atoms with Crippen LogP contribution in [0.3, 0.4) is 0 Å². The van der Waals surface area contributed by atoms with E-state index >= 15 is 0 Å². The second-order valence-corrected chi connectivity index (χ2v) is 7.96. The molecule has 2 aromatic rings. The first-order valence-electron chi connectivity index (χ1n) is 9.02. The van der Waals surface area contributed by atoms with Crippen molar-refractivity contribution in [2.75, 3.05) is 11.4 Å². The third kappa shape index (κ3) is 4.89. The third-order valence-corrected chi connectivity index (χ3v) is 5.63. The minimum absolute atomic E-state index is 0.0283. The van der Waals surface area contributed by atoms with E-state index < -0.39 is 4.92 Å². The first-order valence-corrected chi connectivity index (χ1v) is 9.90. The van der Waals surface area contributed by atoms with Crippen LogP contribution in [-0.2, 0) is 16.1 Å². The van der Waals surface area contributed by atoms with Gasteiger partial charge in [0.1, 0.15) is 0 Å². The molecule has 3 rings (SSSR count). The molecule has 2 amide bonds. The molecule has 1 atom stereocenters. The summed E-state index contributed by atoms with van der Waals surface area (Å²) in [6, 6.07) is 13.8. The molecular formula is C20H21N3O4S. The number of thioether (sulfide) groups is 1. The number of anilines is 1. The highest BCUT2D eigenvalue weighted by atomic mass is 32.2. The predicted molar refractivity (Wildman–Crippen MR) is 108 cm³/mol. The molecule has 2 aromatic carbocycles. The van der Waals surface area contributed by atoms with Gasteiger partial charge < -0.3 is 10.2 Å². The number of nitrogens with zero attached hydrogens (tertiary/aromatic N) is 2. The van der Waals surface area contributed by atoms with Crippen LogP contribution in [0.2, 0.25) is 0 Å². The Kier molecular flexibility index (Phi) is 6.30. The highest BCUT2D eigenvalue weighted by molar-refractivity contribution is 8.00. The number of nitro groups is 1. The maximum absolute atomic E-state index is 12.3. The van der Waals surface area contributed by atoms with Crippen molar-refractivity contribution >= 4 is 35.0 Å². The van der Waals surface area contributed by atoms with Crippen LogP contribution < -0.4 is 10.2 Å². The normalized spacial score (nSPS) is 14.8. The van der Waals surface area contributed by atoms with E-state index in [0.29, 0.717) is 13.0 Å². The average molecular weight is 399 g/mol. The Morgan fingerprint density at radius 2 is 1.89 bits per heavy atom. The second-order valence-electron chi connectivity index (χ2n) is 6.54. The fourth-order valence-electron chi connectivity index (χ4n) is 2.95. The highest BCUT2D eigenvalue weighted by Crippen LogP contribution is 2.26. The van der Waals surface area contributed by atoms with Gasteiger partial charge in [0, 0.05) is 42.2 Å². The smallest absolute Gasteiger partial charge is 0.269 e. The number of rotatable bonds is 7. The summed E-state index contributed by atoms with van der Waals surface area (Å²) in [6.07, 6.45) is 1.49. The van der Waals surface area contributed by atoms with Crippen LogP contribution in [0.1, 0.15) is 25.3 Å². The first-order chi connectivity index (χ1) is 13.4. The number of amides is 2. The molecule has 0 saturated carbocycles. The molecule has 1 fully saturated rings. The van der Waals surface area contributed by atoms with Gasteiger partial charge in [-0.1, -0.05) is 12.1 Å². The van der Waals surface area contributed by atoms with Crippen molar-refractivity contribution in [3.8, 4) is 0 Å². The molecule has 0 spiro atoms. The van der Waals surface area contributed by atoms with Crippen LogP contribution in [0.5, 0.6) is 0 Å². The topological polar surface area (TPSA) is 92.5 Å². The highest BCUT2D eigenvalue weighted by Gasteiger charge is 2.21. The summed E-state index contributed by atoms with van der Waals surface area (Å²) in [7, 11) is 0. The Labute approximate surface area is 167 Å². The van der Waals surface area contributed by atoms with Gasteiger partial charge in [-0.25, -0.2) is 0 Å². The van der Waals surface area contributed by atoms with E-state index in [1.54, 1.807) is 24.0 Å². The molecule has 28 heavy (non-hydrogen) atoms. The number of hydrogen-bond acceptors (Lipinski definition) is 5. The molecule has 1 aliphatic rings. The van der Waals surface area contributed by atoms with Gasteiger partial charge in [0.25, 0.3) is 5.69 Å². The van der Waals surface area contributed by atoms with Gasteiger partial charge >= 0.3 is 0 Å². The van der Waals surface area contributed by atoms with Gasteiger partial charge in [0.15, 0.2) is 0 Å². The molecule has 0 bridgehead atoms. The molecule has 0 aliphatic carbocycles. The summed E-state index contributed by atoms with van der Waals surface area (Å²) < 4.78 is 0. The zero-order chi connectivity index (χ0) is 20.1. The Balaban J connectivity index is 1.50. The van der Waals surface area contributed by atoms with Crippen LogP contribution in [0.25, 0.3) is 0 Å². The lowest BCUT2D eigenvalue weighted by Gasteiger charge is -2.16. The van der Waals surface area contributed by atoms with E-state index in [1.165, 1.54) is 23.9 Å². The monoisotopic (exact) mass is 399 g/mol. The van der Waals surface area contributed by atoms with Gasteiger partial charge in [0.05, 0.1) is 10.2 Å². The lowest BCUT2D eigenvalue weighted by molar-refractivity contribution is -0.384. The van der Waals surface area contributed by atoms with Gasteiger partial charge in [0.2, 0.25) is 11.8 Å². The molecule has 146 valence electrons. The molecule has 1 aliphatic heterocycles. The van der Waals surface area contributed by atoms with Gasteiger partial charge in [-0.2, -0.15) is 0 Å². The molecule has 8 heteroatoms. The fourth-order valence-corrected chi connectivity index (χ4v) is 3.84. The van der Waals surface area contributed by atoms with Crippen LogP contribution >= 0.6 is 11.8 Å². The maximum atomic E-state index is 12.3. The zero-order valence-electron chi connectivity index (χ0n) is 15.5. The van der Waals surface area contributed by atoms with Crippen molar-refractivity contribution in [2.24, 2.45) is 0 Å². The Bertz CT molecular complexity index is 868. The Morgan fingerprint density at radius 3 is 2.46 bits per heavy atom. The Hall–Kier alpha value is -2.87. The number of carbonyl (C=O) groups is 2. The standard InChI is InChI=1S/C20H21N3O4S/c1-14(28-18-10-8-17(9-11-18)23(26)27)20(25)21-13-15-4-6-16(7-5-15)22-12-2-3-19(22)24/h4-11,14H,2-3,12-13H2,1H3,(H,21,25)/t14-/m1/s1. The molecule has 7 nitrogen and oxygen atoms in total. The largest absolute Gasteiger partial charge is 0.351 e. The van der Waals surface area contributed by atoms with Crippen LogP contribution in [-0.4, -0.2) is 28.5 Å². The zero-order valence-corrected chi connectivity index (χ0v) is 16.3. The molecule has 1 N–H and O–H groups in total. The van der Waals surface area contributed by atoms with E-state index in [0.717, 1.165) is 29.1 Å². The van der Waals surface area contributed by atoms with E-state index in [1.807, 2.05) is 24.3 Å². The van der Waals surface area contributed by atoms with E-state index in [2.05, 4.69) is 5.32 Å². The lowest BCUT2D eigenvalue weighted by Crippen LogP contribution is -2.30. The van der Waals surface area contributed by atoms with Crippen molar-refractivity contribution in [2.45, 2.75) is 36.5 Å². The van der Waals surface area contributed by atoms with Crippen molar-refractivity contribution < 1.29 is 14.5 Å². The van der Waals surface area contributed by atoms with E-state index in [9.17, 15) is 19.7 Å². The molecule has 0 aromatic heterocycles. The maximum Gasteiger partial charge on any atom is 0.269 e. The summed E-state index contributed by atoms with van der Waals surface area (Å²) >= 11 is 1.35. The van der Waals surface area contributed by atoms with Gasteiger partial charge in [-0.05, 0) is 43.2 Å². The molecule has 0 unspecified atom stereocenters. The second kappa shape index (κ2) is 8.88. The minimum atomic E-state index is -0.449. The van der Waals surface area contributed by atoms with Crippen molar-refractivity contribution in [1.29, 1.82) is 0 Å².